The average Bonchev–Trinajstić information content (AvgIpc) is 2.96. The number of halogens is 1. The molecule has 1 aromatic heterocycles. The Labute approximate surface area is 176 Å². The van der Waals surface area contributed by atoms with E-state index in [1.807, 2.05) is 44.2 Å². The van der Waals surface area contributed by atoms with Gasteiger partial charge in [0.1, 0.15) is 0 Å². The van der Waals surface area contributed by atoms with Gasteiger partial charge in [-0.25, -0.2) is 5.43 Å². The number of benzene rings is 2. The van der Waals surface area contributed by atoms with Crippen LogP contribution in [0, 0.1) is 24.0 Å². The van der Waals surface area contributed by atoms with Crippen LogP contribution >= 0.6 is 15.9 Å². The summed E-state index contributed by atoms with van der Waals surface area (Å²) in [5, 5.41) is 15.1. The number of nitrogens with one attached hydrogen (secondary N) is 1. The van der Waals surface area contributed by atoms with E-state index >= 15 is 0 Å². The van der Waals surface area contributed by atoms with Gasteiger partial charge in [0.05, 0.1) is 23.2 Å². The van der Waals surface area contributed by atoms with Crippen molar-refractivity contribution in [1.82, 2.24) is 9.99 Å². The van der Waals surface area contributed by atoms with Crippen molar-refractivity contribution in [2.75, 3.05) is 0 Å². The lowest BCUT2D eigenvalue weighted by Gasteiger charge is -2.11. The number of nitrogens with zero attached hydrogens (tertiary/aromatic N) is 3. The van der Waals surface area contributed by atoms with E-state index in [2.05, 4.69) is 31.0 Å². The van der Waals surface area contributed by atoms with Gasteiger partial charge in [-0.05, 0) is 48.0 Å². The van der Waals surface area contributed by atoms with Crippen LogP contribution in [-0.4, -0.2) is 21.6 Å². The minimum absolute atomic E-state index is 0.0800. The number of nitro benzene ring substituents is 1. The SMILES string of the molecule is Cc1cc(C=NNC(=O)Cc2ccccc2[N+](=O)[O-])c(C)n1-c1ccccc1Br. The summed E-state index contributed by atoms with van der Waals surface area (Å²) in [6.07, 6.45) is 1.46. The van der Waals surface area contributed by atoms with E-state index < -0.39 is 10.8 Å². The number of hydrogen-bond donors (Lipinski definition) is 1. The van der Waals surface area contributed by atoms with Crippen LogP contribution in [0.3, 0.4) is 0 Å². The molecule has 29 heavy (non-hydrogen) atoms. The number of hydrazone groups is 1. The molecule has 0 saturated carbocycles. The quantitative estimate of drug-likeness (QED) is 0.338. The Kier molecular flexibility index (Phi) is 6.23. The van der Waals surface area contributed by atoms with Crippen LogP contribution in [0.5, 0.6) is 0 Å². The molecule has 1 amide bonds. The van der Waals surface area contributed by atoms with Gasteiger partial charge in [0.15, 0.2) is 0 Å². The second-order valence-electron chi connectivity index (χ2n) is 6.47. The fourth-order valence-corrected chi connectivity index (χ4v) is 3.61. The first-order valence-corrected chi connectivity index (χ1v) is 9.66. The molecule has 0 aliphatic carbocycles. The number of hydrogen-bond acceptors (Lipinski definition) is 4. The van der Waals surface area contributed by atoms with Crippen LogP contribution in [0.1, 0.15) is 22.5 Å². The molecule has 0 spiro atoms. The van der Waals surface area contributed by atoms with E-state index in [1.165, 1.54) is 6.07 Å². The first-order valence-electron chi connectivity index (χ1n) is 8.86. The minimum atomic E-state index is -0.498. The molecule has 0 aliphatic heterocycles. The molecule has 2 aromatic carbocycles. The molecule has 1 heterocycles. The van der Waals surface area contributed by atoms with Crippen LogP contribution in [0.25, 0.3) is 5.69 Å². The zero-order valence-electron chi connectivity index (χ0n) is 15.9. The van der Waals surface area contributed by atoms with Gasteiger partial charge < -0.3 is 4.57 Å². The molecule has 148 valence electrons. The van der Waals surface area contributed by atoms with Crippen molar-refractivity contribution in [1.29, 1.82) is 0 Å². The van der Waals surface area contributed by atoms with Crippen LogP contribution in [-0.2, 0) is 11.2 Å². The second kappa shape index (κ2) is 8.83. The highest BCUT2D eigenvalue weighted by atomic mass is 79.9. The second-order valence-corrected chi connectivity index (χ2v) is 7.32. The van der Waals surface area contributed by atoms with Gasteiger partial charge in [-0.1, -0.05) is 30.3 Å². The molecule has 0 unspecified atom stereocenters. The number of aryl methyl sites for hydroxylation is 1. The molecule has 3 rings (SSSR count). The van der Waals surface area contributed by atoms with E-state index in [1.54, 1.807) is 24.4 Å². The third-order valence-corrected chi connectivity index (χ3v) is 5.17. The monoisotopic (exact) mass is 454 g/mol. The summed E-state index contributed by atoms with van der Waals surface area (Å²) >= 11 is 3.57. The van der Waals surface area contributed by atoms with Gasteiger partial charge in [-0.15, -0.1) is 0 Å². The topological polar surface area (TPSA) is 89.5 Å². The molecule has 7 nitrogen and oxygen atoms in total. The fourth-order valence-electron chi connectivity index (χ4n) is 3.15. The van der Waals surface area contributed by atoms with Crippen molar-refractivity contribution >= 4 is 33.7 Å². The number of para-hydroxylation sites is 2. The molecule has 0 bridgehead atoms. The van der Waals surface area contributed by atoms with Crippen LogP contribution < -0.4 is 5.43 Å². The van der Waals surface area contributed by atoms with E-state index in [9.17, 15) is 14.9 Å². The van der Waals surface area contributed by atoms with Crippen molar-refractivity contribution in [3.05, 3.63) is 91.7 Å². The smallest absolute Gasteiger partial charge is 0.273 e. The summed E-state index contributed by atoms with van der Waals surface area (Å²) in [4.78, 5) is 22.7. The predicted molar refractivity (Wildman–Crippen MR) is 115 cm³/mol. The number of carbonyl (C=O) groups is 1. The van der Waals surface area contributed by atoms with E-state index in [0.29, 0.717) is 5.56 Å². The van der Waals surface area contributed by atoms with Gasteiger partial charge in [-0.2, -0.15) is 5.10 Å². The summed E-state index contributed by atoms with van der Waals surface area (Å²) in [6, 6.07) is 16.1. The number of amides is 1. The maximum Gasteiger partial charge on any atom is 0.273 e. The Hall–Kier alpha value is -3.26. The summed E-state index contributed by atoms with van der Waals surface area (Å²) in [6.45, 7) is 3.97. The number of carbonyl (C=O) groups excluding carboxylic acids is 1. The Morgan fingerprint density at radius 1 is 1.21 bits per heavy atom. The summed E-state index contributed by atoms with van der Waals surface area (Å²) < 4.78 is 3.07. The molecule has 3 aromatic rings. The lowest BCUT2D eigenvalue weighted by Crippen LogP contribution is -2.20. The molecule has 8 heteroatoms. The minimum Gasteiger partial charge on any atom is -0.317 e. The third-order valence-electron chi connectivity index (χ3n) is 4.50. The Morgan fingerprint density at radius 3 is 2.62 bits per heavy atom. The highest BCUT2D eigenvalue weighted by Gasteiger charge is 2.15. The van der Waals surface area contributed by atoms with Crippen LogP contribution in [0.2, 0.25) is 0 Å². The van der Waals surface area contributed by atoms with E-state index in [4.69, 9.17) is 0 Å². The number of rotatable bonds is 6. The fraction of sp³-hybridized carbons (Fsp3) is 0.143. The van der Waals surface area contributed by atoms with E-state index in [-0.39, 0.29) is 12.1 Å². The van der Waals surface area contributed by atoms with Crippen LogP contribution in [0.15, 0.2) is 64.2 Å². The van der Waals surface area contributed by atoms with Crippen molar-refractivity contribution in [2.24, 2.45) is 5.10 Å². The lowest BCUT2D eigenvalue weighted by atomic mass is 10.1. The summed E-state index contributed by atoms with van der Waals surface area (Å²) in [5.74, 6) is -0.421. The van der Waals surface area contributed by atoms with Crippen molar-refractivity contribution in [2.45, 2.75) is 20.3 Å². The van der Waals surface area contributed by atoms with Gasteiger partial charge in [0.25, 0.3) is 5.69 Å². The highest BCUT2D eigenvalue weighted by Crippen LogP contribution is 2.26. The molecular weight excluding hydrogens is 436 g/mol. The molecule has 1 N–H and O–H groups in total. The van der Waals surface area contributed by atoms with Crippen molar-refractivity contribution < 1.29 is 9.72 Å². The zero-order chi connectivity index (χ0) is 21.0. The van der Waals surface area contributed by atoms with Gasteiger partial charge in [0, 0.05) is 33.1 Å². The third kappa shape index (κ3) is 4.60. The average molecular weight is 455 g/mol. The molecule has 0 fully saturated rings. The van der Waals surface area contributed by atoms with Crippen molar-refractivity contribution in [3.8, 4) is 5.69 Å². The molecular formula is C21H19BrN4O3. The Bertz CT molecular complexity index is 1110. The van der Waals surface area contributed by atoms with E-state index in [0.717, 1.165) is 27.1 Å². The molecule has 0 aliphatic rings. The summed E-state index contributed by atoms with van der Waals surface area (Å²) in [7, 11) is 0. The van der Waals surface area contributed by atoms with Gasteiger partial charge in [-0.3, -0.25) is 14.9 Å². The maximum atomic E-state index is 12.1. The Morgan fingerprint density at radius 2 is 1.90 bits per heavy atom. The molecule has 0 radical (unpaired) electrons. The molecule has 0 atom stereocenters. The highest BCUT2D eigenvalue weighted by molar-refractivity contribution is 9.10. The largest absolute Gasteiger partial charge is 0.317 e. The number of aromatic nitrogens is 1. The van der Waals surface area contributed by atoms with Crippen molar-refractivity contribution in [3.63, 3.8) is 0 Å². The predicted octanol–water partition coefficient (Wildman–Crippen LogP) is 4.46. The van der Waals surface area contributed by atoms with Gasteiger partial charge >= 0.3 is 0 Å². The first-order chi connectivity index (χ1) is 13.9. The van der Waals surface area contributed by atoms with Gasteiger partial charge in [0.2, 0.25) is 5.91 Å². The normalized spacial score (nSPS) is 11.0. The zero-order valence-corrected chi connectivity index (χ0v) is 17.5. The Balaban J connectivity index is 1.73. The number of nitro groups is 1. The molecule has 0 saturated heterocycles. The first kappa shape index (κ1) is 20.5. The standard InChI is InChI=1S/C21H19BrN4O3/c1-14-11-17(15(2)25(14)20-10-6-4-8-18(20)22)13-23-24-21(27)12-16-7-3-5-9-19(16)26(28)29/h3-11,13H,12H2,1-2H3,(H,24,27). The summed E-state index contributed by atoms with van der Waals surface area (Å²) in [5.41, 5.74) is 6.60. The van der Waals surface area contributed by atoms with Crippen LogP contribution in [0.4, 0.5) is 5.69 Å². The lowest BCUT2D eigenvalue weighted by molar-refractivity contribution is -0.385. The maximum absolute atomic E-state index is 12.1.